The normalized spacial score (nSPS) is 13.9. The molecule has 112 valence electrons. The molecule has 0 bridgehead atoms. The van der Waals surface area contributed by atoms with E-state index in [1.165, 1.54) is 25.3 Å². The van der Waals surface area contributed by atoms with Gasteiger partial charge in [-0.3, -0.25) is 4.79 Å². The SMILES string of the molecule is COc1cc(C(=O)NC(C)(CN)CC(C)C)ccc1F. The molecular weight excluding hydrogens is 259 g/mol. The number of hydrogen-bond donors (Lipinski definition) is 2. The number of ether oxygens (including phenoxy) is 1. The van der Waals surface area contributed by atoms with E-state index in [9.17, 15) is 9.18 Å². The Morgan fingerprint density at radius 3 is 2.65 bits per heavy atom. The van der Waals surface area contributed by atoms with Crippen molar-refractivity contribution >= 4 is 5.91 Å². The molecule has 1 rings (SSSR count). The zero-order valence-electron chi connectivity index (χ0n) is 12.5. The molecular formula is C15H23FN2O2. The molecule has 0 radical (unpaired) electrons. The van der Waals surface area contributed by atoms with Crippen molar-refractivity contribution in [2.24, 2.45) is 11.7 Å². The second-order valence-electron chi connectivity index (χ2n) is 5.67. The summed E-state index contributed by atoms with van der Waals surface area (Å²) >= 11 is 0. The molecule has 20 heavy (non-hydrogen) atoms. The van der Waals surface area contributed by atoms with Gasteiger partial charge in [-0.25, -0.2) is 4.39 Å². The Bertz CT molecular complexity index is 477. The average molecular weight is 282 g/mol. The Morgan fingerprint density at radius 1 is 1.50 bits per heavy atom. The molecule has 0 aliphatic carbocycles. The van der Waals surface area contributed by atoms with Gasteiger partial charge in [-0.15, -0.1) is 0 Å². The third-order valence-electron chi connectivity index (χ3n) is 3.14. The van der Waals surface area contributed by atoms with Gasteiger partial charge < -0.3 is 15.8 Å². The zero-order valence-corrected chi connectivity index (χ0v) is 12.5. The molecule has 0 heterocycles. The first-order chi connectivity index (χ1) is 9.31. The van der Waals surface area contributed by atoms with E-state index in [0.29, 0.717) is 18.0 Å². The van der Waals surface area contributed by atoms with Crippen LogP contribution in [0.4, 0.5) is 4.39 Å². The van der Waals surface area contributed by atoms with Crippen molar-refractivity contribution in [3.05, 3.63) is 29.6 Å². The number of carbonyl (C=O) groups excluding carboxylic acids is 1. The van der Waals surface area contributed by atoms with Crippen molar-refractivity contribution in [2.45, 2.75) is 32.7 Å². The molecule has 1 aromatic rings. The van der Waals surface area contributed by atoms with Crippen LogP contribution in [0, 0.1) is 11.7 Å². The molecule has 0 saturated carbocycles. The van der Waals surface area contributed by atoms with Gasteiger partial charge in [-0.05, 0) is 37.5 Å². The van der Waals surface area contributed by atoms with Crippen molar-refractivity contribution < 1.29 is 13.9 Å². The van der Waals surface area contributed by atoms with Gasteiger partial charge in [0, 0.05) is 17.6 Å². The summed E-state index contributed by atoms with van der Waals surface area (Å²) in [7, 11) is 1.36. The molecule has 1 unspecified atom stereocenters. The molecule has 5 heteroatoms. The second-order valence-corrected chi connectivity index (χ2v) is 5.67. The summed E-state index contributed by atoms with van der Waals surface area (Å²) < 4.78 is 18.2. The lowest BCUT2D eigenvalue weighted by atomic mass is 9.90. The lowest BCUT2D eigenvalue weighted by Crippen LogP contribution is -2.52. The number of halogens is 1. The van der Waals surface area contributed by atoms with Crippen molar-refractivity contribution in [1.29, 1.82) is 0 Å². The fraction of sp³-hybridized carbons (Fsp3) is 0.533. The second kappa shape index (κ2) is 6.70. The maximum absolute atomic E-state index is 13.3. The number of methoxy groups -OCH3 is 1. The highest BCUT2D eigenvalue weighted by Gasteiger charge is 2.26. The van der Waals surface area contributed by atoms with E-state index in [0.717, 1.165) is 6.42 Å². The largest absolute Gasteiger partial charge is 0.494 e. The van der Waals surface area contributed by atoms with Crippen LogP contribution in [0.2, 0.25) is 0 Å². The minimum Gasteiger partial charge on any atom is -0.494 e. The van der Waals surface area contributed by atoms with Gasteiger partial charge in [-0.2, -0.15) is 0 Å². The van der Waals surface area contributed by atoms with E-state index < -0.39 is 11.4 Å². The maximum Gasteiger partial charge on any atom is 0.251 e. The molecule has 0 spiro atoms. The first-order valence-electron chi connectivity index (χ1n) is 6.67. The summed E-state index contributed by atoms with van der Waals surface area (Å²) in [5.74, 6) is -0.313. The number of rotatable bonds is 6. The Balaban J connectivity index is 2.89. The van der Waals surface area contributed by atoms with Crippen LogP contribution in [0.15, 0.2) is 18.2 Å². The summed E-state index contributed by atoms with van der Waals surface area (Å²) in [4.78, 5) is 12.2. The maximum atomic E-state index is 13.3. The van der Waals surface area contributed by atoms with Crippen LogP contribution in [0.1, 0.15) is 37.6 Å². The summed E-state index contributed by atoms with van der Waals surface area (Å²) in [5, 5.41) is 2.92. The van der Waals surface area contributed by atoms with E-state index in [2.05, 4.69) is 19.2 Å². The van der Waals surface area contributed by atoms with Crippen LogP contribution in [0.25, 0.3) is 0 Å². The van der Waals surface area contributed by atoms with Crippen LogP contribution in [-0.4, -0.2) is 25.1 Å². The summed E-state index contributed by atoms with van der Waals surface area (Å²) in [6.07, 6.45) is 0.771. The number of hydrogen-bond acceptors (Lipinski definition) is 3. The fourth-order valence-corrected chi connectivity index (χ4v) is 2.23. The molecule has 0 fully saturated rings. The predicted octanol–water partition coefficient (Wildman–Crippen LogP) is 2.33. The van der Waals surface area contributed by atoms with Gasteiger partial charge in [0.25, 0.3) is 5.91 Å². The van der Waals surface area contributed by atoms with Gasteiger partial charge in [0.15, 0.2) is 11.6 Å². The molecule has 0 saturated heterocycles. The van der Waals surface area contributed by atoms with Crippen molar-refractivity contribution in [1.82, 2.24) is 5.32 Å². The Morgan fingerprint density at radius 2 is 2.15 bits per heavy atom. The molecule has 1 atom stereocenters. The highest BCUT2D eigenvalue weighted by atomic mass is 19.1. The summed E-state index contributed by atoms with van der Waals surface area (Å²) in [6.45, 7) is 6.39. The van der Waals surface area contributed by atoms with Crippen molar-refractivity contribution in [3.63, 3.8) is 0 Å². The Kier molecular flexibility index (Phi) is 5.51. The monoisotopic (exact) mass is 282 g/mol. The number of nitrogens with one attached hydrogen (secondary N) is 1. The van der Waals surface area contributed by atoms with Gasteiger partial charge in [0.1, 0.15) is 0 Å². The standard InChI is InChI=1S/C15H23FN2O2/c1-10(2)8-15(3,9-17)18-14(19)11-5-6-12(16)13(7-11)20-4/h5-7,10H,8-9,17H2,1-4H3,(H,18,19). The predicted molar refractivity (Wildman–Crippen MR) is 77.3 cm³/mol. The third-order valence-corrected chi connectivity index (χ3v) is 3.14. The van der Waals surface area contributed by atoms with Gasteiger partial charge in [0.2, 0.25) is 0 Å². The highest BCUT2D eigenvalue weighted by molar-refractivity contribution is 5.95. The minimum atomic E-state index is -0.493. The summed E-state index contributed by atoms with van der Waals surface area (Å²) in [6, 6.07) is 4.03. The molecule has 0 aliphatic rings. The first kappa shape index (κ1) is 16.4. The van der Waals surface area contributed by atoms with Gasteiger partial charge >= 0.3 is 0 Å². The number of amides is 1. The minimum absolute atomic E-state index is 0.0518. The Labute approximate surface area is 119 Å². The van der Waals surface area contributed by atoms with Crippen LogP contribution in [0.5, 0.6) is 5.75 Å². The van der Waals surface area contributed by atoms with Gasteiger partial charge in [-0.1, -0.05) is 13.8 Å². The quantitative estimate of drug-likeness (QED) is 0.841. The van der Waals surface area contributed by atoms with E-state index in [1.807, 2.05) is 6.92 Å². The van der Waals surface area contributed by atoms with E-state index in [-0.39, 0.29) is 11.7 Å². The number of carbonyl (C=O) groups is 1. The third kappa shape index (κ3) is 4.20. The molecule has 1 aromatic carbocycles. The average Bonchev–Trinajstić information content (AvgIpc) is 2.38. The molecule has 4 nitrogen and oxygen atoms in total. The van der Waals surface area contributed by atoms with Crippen molar-refractivity contribution in [3.8, 4) is 5.75 Å². The van der Waals surface area contributed by atoms with E-state index in [1.54, 1.807) is 0 Å². The first-order valence-corrected chi connectivity index (χ1v) is 6.67. The van der Waals surface area contributed by atoms with Crippen LogP contribution in [-0.2, 0) is 0 Å². The number of nitrogens with two attached hydrogens (primary N) is 1. The van der Waals surface area contributed by atoms with Gasteiger partial charge in [0.05, 0.1) is 7.11 Å². The Hall–Kier alpha value is -1.62. The topological polar surface area (TPSA) is 64.3 Å². The zero-order chi connectivity index (χ0) is 15.3. The van der Waals surface area contributed by atoms with Crippen LogP contribution >= 0.6 is 0 Å². The van der Waals surface area contributed by atoms with Crippen LogP contribution < -0.4 is 15.8 Å². The fourth-order valence-electron chi connectivity index (χ4n) is 2.23. The van der Waals surface area contributed by atoms with E-state index in [4.69, 9.17) is 10.5 Å². The smallest absolute Gasteiger partial charge is 0.251 e. The van der Waals surface area contributed by atoms with E-state index >= 15 is 0 Å². The molecule has 3 N–H and O–H groups in total. The lowest BCUT2D eigenvalue weighted by Gasteiger charge is -2.31. The highest BCUT2D eigenvalue weighted by Crippen LogP contribution is 2.20. The van der Waals surface area contributed by atoms with Crippen LogP contribution in [0.3, 0.4) is 0 Å². The van der Waals surface area contributed by atoms with Crippen molar-refractivity contribution in [2.75, 3.05) is 13.7 Å². The molecule has 0 aromatic heterocycles. The molecule has 1 amide bonds. The lowest BCUT2D eigenvalue weighted by molar-refractivity contribution is 0.0898. The number of benzene rings is 1. The molecule has 0 aliphatic heterocycles. The summed E-state index contributed by atoms with van der Waals surface area (Å²) in [5.41, 5.74) is 5.64.